The molecule has 0 aliphatic heterocycles. The Balaban J connectivity index is 2.78. The van der Waals surface area contributed by atoms with E-state index in [1.807, 2.05) is 0 Å². The van der Waals surface area contributed by atoms with Crippen LogP contribution in [0.1, 0.15) is 13.8 Å². The first-order valence-electron chi connectivity index (χ1n) is 2.82. The molecular formula is C7H9B. The Morgan fingerprint density at radius 3 is 2.25 bits per heavy atom. The standard InChI is InChI=1S/C7H9B/c1-5-3-6(2)7(8)4-5/h3-4,7H,1-2H3. The van der Waals surface area contributed by atoms with E-state index in [-0.39, 0.29) is 5.82 Å². The van der Waals surface area contributed by atoms with Crippen molar-refractivity contribution in [1.82, 2.24) is 0 Å². The van der Waals surface area contributed by atoms with Crippen LogP contribution < -0.4 is 0 Å². The van der Waals surface area contributed by atoms with E-state index in [1.54, 1.807) is 0 Å². The van der Waals surface area contributed by atoms with Gasteiger partial charge in [-0.25, -0.2) is 0 Å². The van der Waals surface area contributed by atoms with Crippen LogP contribution in [-0.2, 0) is 0 Å². The van der Waals surface area contributed by atoms with Crippen LogP contribution >= 0.6 is 0 Å². The summed E-state index contributed by atoms with van der Waals surface area (Å²) in [5.74, 6) is 0.190. The Hall–Kier alpha value is -0.455. The summed E-state index contributed by atoms with van der Waals surface area (Å²) in [5, 5.41) is 0. The minimum Gasteiger partial charge on any atom is -0.0832 e. The largest absolute Gasteiger partial charge is 0.0832 e. The van der Waals surface area contributed by atoms with Crippen LogP contribution in [0.25, 0.3) is 0 Å². The SMILES string of the molecule is [B]C1C=C(C)C=C1C. The van der Waals surface area contributed by atoms with Crippen molar-refractivity contribution in [3.8, 4) is 0 Å². The maximum Gasteiger partial charge on any atom is 0.0815 e. The maximum atomic E-state index is 5.62. The molecule has 0 bridgehead atoms. The summed E-state index contributed by atoms with van der Waals surface area (Å²) in [7, 11) is 5.62. The number of allylic oxidation sites excluding steroid dienone is 4. The molecule has 0 spiro atoms. The number of hydrogen-bond donors (Lipinski definition) is 0. The molecule has 40 valence electrons. The van der Waals surface area contributed by atoms with Crippen molar-refractivity contribution < 1.29 is 0 Å². The second-order valence-corrected chi connectivity index (χ2v) is 2.32. The van der Waals surface area contributed by atoms with Crippen molar-refractivity contribution in [2.45, 2.75) is 19.7 Å². The second kappa shape index (κ2) is 1.81. The van der Waals surface area contributed by atoms with Crippen LogP contribution in [-0.4, -0.2) is 7.85 Å². The van der Waals surface area contributed by atoms with E-state index in [2.05, 4.69) is 26.0 Å². The van der Waals surface area contributed by atoms with Crippen LogP contribution in [0.3, 0.4) is 0 Å². The Morgan fingerprint density at radius 1 is 1.50 bits per heavy atom. The zero-order valence-corrected chi connectivity index (χ0v) is 5.31. The third-order valence-corrected chi connectivity index (χ3v) is 1.42. The molecule has 0 N–H and O–H groups in total. The van der Waals surface area contributed by atoms with Crippen LogP contribution in [0.4, 0.5) is 0 Å². The lowest BCUT2D eigenvalue weighted by atomic mass is 9.84. The molecule has 0 aromatic carbocycles. The molecule has 0 amide bonds. The monoisotopic (exact) mass is 104 g/mol. The number of rotatable bonds is 0. The van der Waals surface area contributed by atoms with Gasteiger partial charge in [0.15, 0.2) is 0 Å². The van der Waals surface area contributed by atoms with Gasteiger partial charge in [-0.1, -0.05) is 23.3 Å². The molecule has 0 saturated carbocycles. The Morgan fingerprint density at radius 2 is 2.12 bits per heavy atom. The molecule has 2 radical (unpaired) electrons. The van der Waals surface area contributed by atoms with Gasteiger partial charge in [-0.05, 0) is 19.7 Å². The van der Waals surface area contributed by atoms with Gasteiger partial charge in [-0.15, -0.1) is 0 Å². The highest BCUT2D eigenvalue weighted by atomic mass is 14.1. The van der Waals surface area contributed by atoms with Crippen molar-refractivity contribution in [3.05, 3.63) is 23.3 Å². The molecule has 1 aliphatic rings. The Kier molecular flexibility index (Phi) is 1.28. The van der Waals surface area contributed by atoms with Crippen LogP contribution in [0.15, 0.2) is 23.3 Å². The van der Waals surface area contributed by atoms with Crippen molar-refractivity contribution in [2.75, 3.05) is 0 Å². The summed E-state index contributed by atoms with van der Waals surface area (Å²) in [6.45, 7) is 4.12. The topological polar surface area (TPSA) is 0 Å². The molecule has 1 heteroatoms. The third kappa shape index (κ3) is 0.859. The van der Waals surface area contributed by atoms with Gasteiger partial charge < -0.3 is 0 Å². The van der Waals surface area contributed by atoms with E-state index < -0.39 is 0 Å². The van der Waals surface area contributed by atoms with Crippen LogP contribution in [0.2, 0.25) is 5.82 Å². The molecule has 1 aliphatic carbocycles. The average molecular weight is 104 g/mol. The van der Waals surface area contributed by atoms with E-state index in [4.69, 9.17) is 7.85 Å². The fraction of sp³-hybridized carbons (Fsp3) is 0.429. The van der Waals surface area contributed by atoms with Gasteiger partial charge in [-0.3, -0.25) is 0 Å². The van der Waals surface area contributed by atoms with Crippen LogP contribution in [0.5, 0.6) is 0 Å². The van der Waals surface area contributed by atoms with E-state index in [0.29, 0.717) is 0 Å². The average Bonchev–Trinajstić information content (AvgIpc) is 1.85. The molecule has 0 saturated heterocycles. The fourth-order valence-electron chi connectivity index (χ4n) is 0.918. The van der Waals surface area contributed by atoms with Gasteiger partial charge in [0.1, 0.15) is 0 Å². The van der Waals surface area contributed by atoms with Gasteiger partial charge >= 0.3 is 0 Å². The first kappa shape index (κ1) is 5.68. The molecule has 0 fully saturated rings. The molecule has 0 aromatic rings. The van der Waals surface area contributed by atoms with Gasteiger partial charge in [-0.2, -0.15) is 0 Å². The summed E-state index contributed by atoms with van der Waals surface area (Å²) < 4.78 is 0. The van der Waals surface area contributed by atoms with Crippen LogP contribution in [0, 0.1) is 0 Å². The van der Waals surface area contributed by atoms with Gasteiger partial charge in [0.2, 0.25) is 0 Å². The molecule has 0 nitrogen and oxygen atoms in total. The summed E-state index contributed by atoms with van der Waals surface area (Å²) in [6, 6.07) is 0. The molecule has 0 aromatic heterocycles. The summed E-state index contributed by atoms with van der Waals surface area (Å²) in [6.07, 6.45) is 4.18. The lowest BCUT2D eigenvalue weighted by molar-refractivity contribution is 1.24. The highest BCUT2D eigenvalue weighted by Crippen LogP contribution is 2.24. The van der Waals surface area contributed by atoms with Crippen molar-refractivity contribution in [2.24, 2.45) is 0 Å². The highest BCUT2D eigenvalue weighted by molar-refractivity contribution is 6.15. The summed E-state index contributed by atoms with van der Waals surface area (Å²) >= 11 is 0. The lowest BCUT2D eigenvalue weighted by Crippen LogP contribution is -1.82. The first-order valence-corrected chi connectivity index (χ1v) is 2.82. The number of hydrogen-bond acceptors (Lipinski definition) is 0. The normalized spacial score (nSPS) is 27.5. The predicted molar refractivity (Wildman–Crippen MR) is 37.0 cm³/mol. The van der Waals surface area contributed by atoms with E-state index >= 15 is 0 Å². The summed E-state index contributed by atoms with van der Waals surface area (Å²) in [4.78, 5) is 0. The minimum absolute atomic E-state index is 0.190. The van der Waals surface area contributed by atoms with Crippen molar-refractivity contribution >= 4 is 7.85 Å². The molecule has 1 rings (SSSR count). The van der Waals surface area contributed by atoms with E-state index in [0.717, 1.165) is 0 Å². The van der Waals surface area contributed by atoms with Gasteiger partial charge in [0.25, 0.3) is 0 Å². The quantitative estimate of drug-likeness (QED) is 0.411. The third-order valence-electron chi connectivity index (χ3n) is 1.42. The van der Waals surface area contributed by atoms with Crippen molar-refractivity contribution in [3.63, 3.8) is 0 Å². The molecule has 8 heavy (non-hydrogen) atoms. The fourth-order valence-corrected chi connectivity index (χ4v) is 0.918. The first-order chi connectivity index (χ1) is 3.70. The molecular weight excluding hydrogens is 94.9 g/mol. The molecule has 0 heterocycles. The molecule has 1 unspecified atom stereocenters. The highest BCUT2D eigenvalue weighted by Gasteiger charge is 2.05. The second-order valence-electron chi connectivity index (χ2n) is 2.32. The smallest absolute Gasteiger partial charge is 0.0815 e. The van der Waals surface area contributed by atoms with Gasteiger partial charge in [0.05, 0.1) is 7.85 Å². The zero-order chi connectivity index (χ0) is 6.15. The Labute approximate surface area is 51.7 Å². The predicted octanol–water partition coefficient (Wildman–Crippen LogP) is 1.85. The summed E-state index contributed by atoms with van der Waals surface area (Å²) in [5.41, 5.74) is 2.55. The zero-order valence-electron chi connectivity index (χ0n) is 5.31. The van der Waals surface area contributed by atoms with E-state index in [1.165, 1.54) is 11.1 Å². The van der Waals surface area contributed by atoms with Crippen molar-refractivity contribution in [1.29, 1.82) is 0 Å². The van der Waals surface area contributed by atoms with E-state index in [9.17, 15) is 0 Å². The Bertz CT molecular complexity index is 154. The lowest BCUT2D eigenvalue weighted by Gasteiger charge is -1.96. The van der Waals surface area contributed by atoms with Gasteiger partial charge in [0, 0.05) is 0 Å². The molecule has 1 atom stereocenters. The minimum atomic E-state index is 0.190. The maximum absolute atomic E-state index is 5.62.